The Morgan fingerprint density at radius 2 is 2.28 bits per heavy atom. The molecule has 0 bridgehead atoms. The van der Waals surface area contributed by atoms with Crippen LogP contribution in [0.2, 0.25) is 0 Å². The van der Waals surface area contributed by atoms with Crippen molar-refractivity contribution in [2.24, 2.45) is 0 Å². The highest BCUT2D eigenvalue weighted by Gasteiger charge is 2.23. The summed E-state index contributed by atoms with van der Waals surface area (Å²) in [7, 11) is 0. The summed E-state index contributed by atoms with van der Waals surface area (Å²) in [5.74, 6) is 0.296. The number of ketones is 1. The van der Waals surface area contributed by atoms with Gasteiger partial charge in [0.15, 0.2) is 5.78 Å². The van der Waals surface area contributed by atoms with E-state index in [2.05, 4.69) is 36.5 Å². The maximum atomic E-state index is 12.1. The molecule has 1 aliphatic heterocycles. The zero-order chi connectivity index (χ0) is 13.2. The van der Waals surface area contributed by atoms with Gasteiger partial charge in [0.1, 0.15) is 5.01 Å². The lowest BCUT2D eigenvalue weighted by atomic mass is 9.93. The number of piperidine rings is 1. The van der Waals surface area contributed by atoms with Gasteiger partial charge in [0.2, 0.25) is 0 Å². The summed E-state index contributed by atoms with van der Waals surface area (Å²) in [4.78, 5) is 16.7. The lowest BCUT2D eigenvalue weighted by Crippen LogP contribution is -2.41. The lowest BCUT2D eigenvalue weighted by Gasteiger charge is -2.21. The van der Waals surface area contributed by atoms with Gasteiger partial charge in [-0.3, -0.25) is 4.79 Å². The van der Waals surface area contributed by atoms with E-state index in [-0.39, 0.29) is 11.5 Å². The van der Waals surface area contributed by atoms with Crippen LogP contribution in [0.25, 0.3) is 0 Å². The van der Waals surface area contributed by atoms with Crippen molar-refractivity contribution < 1.29 is 4.79 Å². The van der Waals surface area contributed by atoms with Gasteiger partial charge in [0, 0.05) is 10.8 Å². The van der Waals surface area contributed by atoms with Crippen molar-refractivity contribution in [1.82, 2.24) is 10.3 Å². The second-order valence-corrected chi connectivity index (χ2v) is 6.96. The number of carbonyl (C=O) groups excluding carboxylic acids is 1. The highest BCUT2D eigenvalue weighted by Crippen LogP contribution is 2.24. The minimum absolute atomic E-state index is 0.0562. The van der Waals surface area contributed by atoms with Crippen LogP contribution in [0.15, 0.2) is 5.38 Å². The predicted molar refractivity (Wildman–Crippen MR) is 75.2 cm³/mol. The molecule has 4 heteroatoms. The van der Waals surface area contributed by atoms with Crippen LogP contribution < -0.4 is 5.32 Å². The van der Waals surface area contributed by atoms with Crippen molar-refractivity contribution in [2.75, 3.05) is 6.54 Å². The van der Waals surface area contributed by atoms with Crippen molar-refractivity contribution in [3.63, 3.8) is 0 Å². The first-order valence-corrected chi connectivity index (χ1v) is 7.56. The van der Waals surface area contributed by atoms with Gasteiger partial charge in [0.05, 0.1) is 18.2 Å². The Morgan fingerprint density at radius 3 is 2.83 bits per heavy atom. The molecule has 100 valence electrons. The Hall–Kier alpha value is -0.740. The predicted octanol–water partition coefficient (Wildman–Crippen LogP) is 2.69. The molecule has 1 N–H and O–H groups in total. The van der Waals surface area contributed by atoms with Crippen molar-refractivity contribution in [3.05, 3.63) is 16.1 Å². The van der Waals surface area contributed by atoms with E-state index in [0.29, 0.717) is 12.2 Å². The molecular formula is C14H22N2OS. The Morgan fingerprint density at radius 1 is 1.50 bits per heavy atom. The molecule has 18 heavy (non-hydrogen) atoms. The van der Waals surface area contributed by atoms with E-state index in [1.54, 1.807) is 11.3 Å². The number of hydrogen-bond donors (Lipinski definition) is 1. The average Bonchev–Trinajstić information content (AvgIpc) is 2.78. The molecule has 1 unspecified atom stereocenters. The smallest absolute Gasteiger partial charge is 0.156 e. The van der Waals surface area contributed by atoms with Gasteiger partial charge < -0.3 is 5.32 Å². The molecule has 0 radical (unpaired) electrons. The van der Waals surface area contributed by atoms with E-state index in [1.165, 1.54) is 6.42 Å². The first-order chi connectivity index (χ1) is 8.47. The van der Waals surface area contributed by atoms with E-state index in [0.717, 1.165) is 30.1 Å². The first kappa shape index (κ1) is 13.7. The zero-order valence-electron chi connectivity index (χ0n) is 11.5. The number of Topliss-reactive ketones (excluding diaryl/α,β-unsaturated/α-hetero) is 1. The normalized spacial score (nSPS) is 20.9. The molecular weight excluding hydrogens is 244 g/mol. The van der Waals surface area contributed by atoms with Crippen molar-refractivity contribution in [3.8, 4) is 0 Å². The largest absolute Gasteiger partial charge is 0.307 e. The average molecular weight is 266 g/mol. The van der Waals surface area contributed by atoms with E-state index in [4.69, 9.17) is 0 Å². The highest BCUT2D eigenvalue weighted by molar-refractivity contribution is 7.09. The van der Waals surface area contributed by atoms with Crippen molar-refractivity contribution in [1.29, 1.82) is 0 Å². The van der Waals surface area contributed by atoms with Crippen LogP contribution in [0.5, 0.6) is 0 Å². The number of rotatable bonds is 3. The number of thiazole rings is 1. The summed E-state index contributed by atoms with van der Waals surface area (Å²) in [5, 5.41) is 6.34. The van der Waals surface area contributed by atoms with Crippen LogP contribution in [-0.2, 0) is 16.6 Å². The highest BCUT2D eigenvalue weighted by atomic mass is 32.1. The number of nitrogens with zero attached hydrogens (tertiary/aromatic N) is 1. The van der Waals surface area contributed by atoms with Crippen LogP contribution in [0.3, 0.4) is 0 Å². The lowest BCUT2D eigenvalue weighted by molar-refractivity contribution is -0.120. The van der Waals surface area contributed by atoms with Crippen LogP contribution in [-0.4, -0.2) is 23.4 Å². The summed E-state index contributed by atoms with van der Waals surface area (Å²) in [6.45, 7) is 7.42. The zero-order valence-corrected chi connectivity index (χ0v) is 12.3. The monoisotopic (exact) mass is 266 g/mol. The molecule has 0 spiro atoms. The molecule has 1 atom stereocenters. The fourth-order valence-electron chi connectivity index (χ4n) is 2.14. The number of aromatic nitrogens is 1. The second-order valence-electron chi connectivity index (χ2n) is 6.02. The topological polar surface area (TPSA) is 42.0 Å². The fourth-order valence-corrected chi connectivity index (χ4v) is 3.17. The molecule has 0 aliphatic carbocycles. The van der Waals surface area contributed by atoms with Gasteiger partial charge in [-0.05, 0) is 19.4 Å². The SMILES string of the molecule is CC(C)(C)c1csc(CC(=O)C2CCCCN2)n1. The van der Waals surface area contributed by atoms with Crippen LogP contribution in [0.1, 0.15) is 50.7 Å². The van der Waals surface area contributed by atoms with E-state index >= 15 is 0 Å². The molecule has 3 nitrogen and oxygen atoms in total. The van der Waals surface area contributed by atoms with Gasteiger partial charge in [-0.15, -0.1) is 11.3 Å². The molecule has 1 saturated heterocycles. The Balaban J connectivity index is 1.96. The van der Waals surface area contributed by atoms with E-state index in [9.17, 15) is 4.79 Å². The molecule has 2 rings (SSSR count). The number of nitrogens with one attached hydrogen (secondary N) is 1. The first-order valence-electron chi connectivity index (χ1n) is 6.68. The van der Waals surface area contributed by atoms with Crippen LogP contribution in [0, 0.1) is 0 Å². The summed E-state index contributed by atoms with van der Waals surface area (Å²) < 4.78 is 0. The molecule has 0 aromatic carbocycles. The minimum Gasteiger partial charge on any atom is -0.307 e. The molecule has 1 fully saturated rings. The maximum absolute atomic E-state index is 12.1. The minimum atomic E-state index is 0.0562. The third kappa shape index (κ3) is 3.39. The summed E-state index contributed by atoms with van der Waals surface area (Å²) in [6, 6.07) is 0.0562. The fraction of sp³-hybridized carbons (Fsp3) is 0.714. The van der Waals surface area contributed by atoms with E-state index in [1.807, 2.05) is 0 Å². The summed E-state index contributed by atoms with van der Waals surface area (Å²) in [5.41, 5.74) is 1.16. The Kier molecular flexibility index (Phi) is 4.17. The number of hydrogen-bond acceptors (Lipinski definition) is 4. The summed E-state index contributed by atoms with van der Waals surface area (Å²) in [6.07, 6.45) is 3.82. The van der Waals surface area contributed by atoms with Gasteiger partial charge >= 0.3 is 0 Å². The molecule has 1 aliphatic rings. The molecule has 0 saturated carbocycles. The third-order valence-corrected chi connectivity index (χ3v) is 4.19. The number of carbonyl (C=O) groups is 1. The quantitative estimate of drug-likeness (QED) is 0.914. The summed E-state index contributed by atoms with van der Waals surface area (Å²) >= 11 is 1.61. The van der Waals surface area contributed by atoms with Gasteiger partial charge in [0.25, 0.3) is 0 Å². The van der Waals surface area contributed by atoms with Crippen LogP contribution >= 0.6 is 11.3 Å². The second kappa shape index (κ2) is 5.49. The molecule has 1 aromatic heterocycles. The Labute approximate surface area is 113 Å². The molecule has 2 heterocycles. The standard InChI is InChI=1S/C14H22N2OS/c1-14(2,3)12-9-18-13(16-12)8-11(17)10-6-4-5-7-15-10/h9-10,15H,4-8H2,1-3H3. The van der Waals surface area contributed by atoms with E-state index < -0.39 is 0 Å². The third-order valence-electron chi connectivity index (χ3n) is 3.34. The Bertz CT molecular complexity index is 414. The van der Waals surface area contributed by atoms with Crippen molar-refractivity contribution >= 4 is 17.1 Å². The van der Waals surface area contributed by atoms with Crippen LogP contribution in [0.4, 0.5) is 0 Å². The van der Waals surface area contributed by atoms with Gasteiger partial charge in [-0.1, -0.05) is 27.2 Å². The maximum Gasteiger partial charge on any atom is 0.156 e. The molecule has 1 aromatic rings. The van der Waals surface area contributed by atoms with Gasteiger partial charge in [-0.25, -0.2) is 4.98 Å². The van der Waals surface area contributed by atoms with Gasteiger partial charge in [-0.2, -0.15) is 0 Å². The molecule has 0 amide bonds. The van der Waals surface area contributed by atoms with Crippen molar-refractivity contribution in [2.45, 2.75) is 57.9 Å².